The van der Waals surface area contributed by atoms with E-state index in [1.807, 2.05) is 13.0 Å². The minimum absolute atomic E-state index is 0.533. The van der Waals surface area contributed by atoms with Crippen LogP contribution in [0.4, 0.5) is 0 Å². The van der Waals surface area contributed by atoms with Crippen molar-refractivity contribution in [3.05, 3.63) is 28.8 Å². The van der Waals surface area contributed by atoms with E-state index in [-0.39, 0.29) is 0 Å². The van der Waals surface area contributed by atoms with Crippen LogP contribution in [-0.2, 0) is 0 Å². The van der Waals surface area contributed by atoms with E-state index >= 15 is 0 Å². The van der Waals surface area contributed by atoms with Crippen molar-refractivity contribution in [2.45, 2.75) is 52.4 Å². The molecule has 0 aromatic heterocycles. The summed E-state index contributed by atoms with van der Waals surface area (Å²) in [5, 5.41) is 10.3. The van der Waals surface area contributed by atoms with Crippen molar-refractivity contribution in [3.8, 4) is 5.75 Å². The van der Waals surface area contributed by atoms with Gasteiger partial charge in [-0.15, -0.1) is 0 Å². The minimum atomic E-state index is 0.533. The molecule has 1 aliphatic carbocycles. The zero-order chi connectivity index (χ0) is 11.9. The molecule has 1 heteroatoms. The Balaban J connectivity index is 2.58. The summed E-state index contributed by atoms with van der Waals surface area (Å²) in [6, 6.07) is 4.26. The highest BCUT2D eigenvalue weighted by atomic mass is 16.3. The Hall–Kier alpha value is -0.980. The molecular formula is C15H22O. The average Bonchev–Trinajstić information content (AvgIpc) is 2.23. The number of rotatable bonds is 1. The Kier molecular flexibility index (Phi) is 2.96. The molecule has 2 atom stereocenters. The Labute approximate surface area is 98.5 Å². The van der Waals surface area contributed by atoms with Gasteiger partial charge in [0.15, 0.2) is 0 Å². The summed E-state index contributed by atoms with van der Waals surface area (Å²) in [7, 11) is 0. The molecule has 1 N–H and O–H groups in total. The molecule has 0 bridgehead atoms. The normalized spacial score (nSPS) is 24.6. The van der Waals surface area contributed by atoms with E-state index in [4.69, 9.17) is 0 Å². The number of hydrogen-bond donors (Lipinski definition) is 1. The third-order valence-corrected chi connectivity index (χ3v) is 4.07. The summed E-state index contributed by atoms with van der Waals surface area (Å²) in [5.41, 5.74) is 3.61. The molecule has 0 fully saturated rings. The molecule has 2 unspecified atom stereocenters. The summed E-state index contributed by atoms with van der Waals surface area (Å²) in [4.78, 5) is 0. The Morgan fingerprint density at radius 3 is 2.56 bits per heavy atom. The number of benzene rings is 1. The lowest BCUT2D eigenvalue weighted by Gasteiger charge is -2.33. The molecule has 0 spiro atoms. The molecule has 0 heterocycles. The highest BCUT2D eigenvalue weighted by Crippen LogP contribution is 2.46. The second-order valence-electron chi connectivity index (χ2n) is 5.56. The van der Waals surface area contributed by atoms with Gasteiger partial charge in [-0.05, 0) is 48.6 Å². The molecule has 0 saturated carbocycles. The predicted octanol–water partition coefficient (Wildman–Crippen LogP) is 4.34. The average molecular weight is 218 g/mol. The van der Waals surface area contributed by atoms with Crippen LogP contribution in [0.5, 0.6) is 5.75 Å². The molecular weight excluding hydrogens is 196 g/mol. The van der Waals surface area contributed by atoms with Gasteiger partial charge in [-0.2, -0.15) is 0 Å². The number of fused-ring (bicyclic) bond motifs is 1. The van der Waals surface area contributed by atoms with Crippen LogP contribution in [0.3, 0.4) is 0 Å². The molecule has 1 nitrogen and oxygen atoms in total. The Morgan fingerprint density at radius 2 is 1.94 bits per heavy atom. The highest BCUT2D eigenvalue weighted by molar-refractivity contribution is 5.49. The van der Waals surface area contributed by atoms with Gasteiger partial charge in [0.05, 0.1) is 0 Å². The number of hydrogen-bond acceptors (Lipinski definition) is 1. The van der Waals surface area contributed by atoms with Gasteiger partial charge < -0.3 is 5.11 Å². The molecule has 2 rings (SSSR count). The number of phenols is 1. The highest BCUT2D eigenvalue weighted by Gasteiger charge is 2.29. The van der Waals surface area contributed by atoms with Gasteiger partial charge in [0.1, 0.15) is 5.75 Å². The van der Waals surface area contributed by atoms with E-state index in [2.05, 4.69) is 26.8 Å². The Bertz CT molecular complexity index is 393. The third kappa shape index (κ3) is 1.73. The van der Waals surface area contributed by atoms with Crippen LogP contribution < -0.4 is 0 Å². The lowest BCUT2D eigenvalue weighted by molar-refractivity contribution is 0.381. The van der Waals surface area contributed by atoms with Crippen LogP contribution in [0.15, 0.2) is 12.1 Å². The van der Waals surface area contributed by atoms with Crippen molar-refractivity contribution >= 4 is 0 Å². The maximum Gasteiger partial charge on any atom is 0.122 e. The first kappa shape index (κ1) is 11.5. The zero-order valence-electron chi connectivity index (χ0n) is 10.7. The second-order valence-corrected chi connectivity index (χ2v) is 5.56. The van der Waals surface area contributed by atoms with E-state index in [9.17, 15) is 5.11 Å². The fourth-order valence-electron chi connectivity index (χ4n) is 2.95. The lowest BCUT2D eigenvalue weighted by atomic mass is 9.72. The Morgan fingerprint density at radius 1 is 1.25 bits per heavy atom. The van der Waals surface area contributed by atoms with Crippen LogP contribution in [0, 0.1) is 12.8 Å². The summed E-state index contributed by atoms with van der Waals surface area (Å²) in [6.07, 6.45) is 2.46. The van der Waals surface area contributed by atoms with Crippen molar-refractivity contribution in [2.24, 2.45) is 5.92 Å². The third-order valence-electron chi connectivity index (χ3n) is 4.07. The molecule has 0 amide bonds. The maximum absolute atomic E-state index is 10.3. The fourth-order valence-corrected chi connectivity index (χ4v) is 2.95. The monoisotopic (exact) mass is 218 g/mol. The fraction of sp³-hybridized carbons (Fsp3) is 0.600. The van der Waals surface area contributed by atoms with Crippen LogP contribution in [0.25, 0.3) is 0 Å². The van der Waals surface area contributed by atoms with Gasteiger partial charge in [0.2, 0.25) is 0 Å². The zero-order valence-corrected chi connectivity index (χ0v) is 10.7. The first-order chi connectivity index (χ1) is 7.52. The van der Waals surface area contributed by atoms with Crippen LogP contribution >= 0.6 is 0 Å². The van der Waals surface area contributed by atoms with E-state index in [1.165, 1.54) is 24.0 Å². The number of aromatic hydroxyl groups is 1. The van der Waals surface area contributed by atoms with E-state index in [0.717, 1.165) is 5.56 Å². The van der Waals surface area contributed by atoms with Gasteiger partial charge >= 0.3 is 0 Å². The standard InChI is InChI=1S/C15H22O/c1-9(2)12-7-5-10(3)13-8-6-11(4)15(16)14(12)13/h6,8-10,12,16H,5,7H2,1-4H3. The first-order valence-electron chi connectivity index (χ1n) is 6.34. The van der Waals surface area contributed by atoms with Crippen molar-refractivity contribution < 1.29 is 5.11 Å². The minimum Gasteiger partial charge on any atom is -0.507 e. The van der Waals surface area contributed by atoms with Crippen LogP contribution in [0.1, 0.15) is 62.1 Å². The quantitative estimate of drug-likeness (QED) is 0.743. The summed E-state index contributed by atoms with van der Waals surface area (Å²) >= 11 is 0. The second kappa shape index (κ2) is 4.12. The predicted molar refractivity (Wildman–Crippen MR) is 68.1 cm³/mol. The number of aryl methyl sites for hydroxylation is 1. The van der Waals surface area contributed by atoms with Gasteiger partial charge in [-0.1, -0.05) is 32.9 Å². The van der Waals surface area contributed by atoms with Crippen molar-refractivity contribution in [1.29, 1.82) is 0 Å². The van der Waals surface area contributed by atoms with E-state index in [1.54, 1.807) is 0 Å². The van der Waals surface area contributed by atoms with Crippen molar-refractivity contribution in [2.75, 3.05) is 0 Å². The van der Waals surface area contributed by atoms with Crippen molar-refractivity contribution in [3.63, 3.8) is 0 Å². The first-order valence-corrected chi connectivity index (χ1v) is 6.34. The van der Waals surface area contributed by atoms with E-state index < -0.39 is 0 Å². The molecule has 1 aromatic carbocycles. The van der Waals surface area contributed by atoms with Gasteiger partial charge in [-0.25, -0.2) is 0 Å². The smallest absolute Gasteiger partial charge is 0.122 e. The van der Waals surface area contributed by atoms with Crippen LogP contribution in [0.2, 0.25) is 0 Å². The molecule has 1 aromatic rings. The van der Waals surface area contributed by atoms with E-state index in [0.29, 0.717) is 23.5 Å². The number of phenolic OH excluding ortho intramolecular Hbond substituents is 1. The van der Waals surface area contributed by atoms with Gasteiger partial charge in [0.25, 0.3) is 0 Å². The summed E-state index contributed by atoms with van der Waals surface area (Å²) < 4.78 is 0. The van der Waals surface area contributed by atoms with Gasteiger partial charge in [0, 0.05) is 5.56 Å². The lowest BCUT2D eigenvalue weighted by Crippen LogP contribution is -2.17. The largest absolute Gasteiger partial charge is 0.507 e. The molecule has 0 saturated heterocycles. The summed E-state index contributed by atoms with van der Waals surface area (Å²) in [5.74, 6) is 2.28. The molecule has 0 aliphatic heterocycles. The SMILES string of the molecule is Cc1ccc2c(c1O)C(C(C)C)CCC2C. The summed E-state index contributed by atoms with van der Waals surface area (Å²) in [6.45, 7) is 8.77. The molecule has 0 radical (unpaired) electrons. The topological polar surface area (TPSA) is 20.2 Å². The molecule has 16 heavy (non-hydrogen) atoms. The molecule has 1 aliphatic rings. The van der Waals surface area contributed by atoms with Crippen LogP contribution in [-0.4, -0.2) is 5.11 Å². The van der Waals surface area contributed by atoms with Crippen molar-refractivity contribution in [1.82, 2.24) is 0 Å². The van der Waals surface area contributed by atoms with Gasteiger partial charge in [-0.3, -0.25) is 0 Å². The molecule has 88 valence electrons. The maximum atomic E-state index is 10.3.